The summed E-state index contributed by atoms with van der Waals surface area (Å²) in [4.78, 5) is 19.1. The number of hydrogen-bond donors (Lipinski definition) is 1. The van der Waals surface area contributed by atoms with E-state index < -0.39 is 6.10 Å². The predicted octanol–water partition coefficient (Wildman–Crippen LogP) is 12.2. The Kier molecular flexibility index (Phi) is 7.91. The fourth-order valence-corrected chi connectivity index (χ4v) is 8.79. The maximum Gasteiger partial charge on any atom is 0.193 e. The number of anilines is 6. The van der Waals surface area contributed by atoms with Crippen LogP contribution >= 0.6 is 0 Å². The molecule has 0 bridgehead atoms. The van der Waals surface area contributed by atoms with Crippen LogP contribution in [0, 0.1) is 0 Å². The van der Waals surface area contributed by atoms with Crippen LogP contribution < -0.4 is 9.80 Å². The molecule has 0 saturated carbocycles. The normalized spacial score (nSPS) is 15.4. The fraction of sp³-hybridized carbons (Fsp3) is 0.140. The van der Waals surface area contributed by atoms with E-state index in [4.69, 9.17) is 0 Å². The van der Waals surface area contributed by atoms with E-state index >= 15 is 0 Å². The van der Waals surface area contributed by atoms with Crippen molar-refractivity contribution >= 4 is 39.9 Å². The fourth-order valence-electron chi connectivity index (χ4n) is 8.79. The van der Waals surface area contributed by atoms with Gasteiger partial charge in [0.2, 0.25) is 0 Å². The molecule has 2 aliphatic heterocycles. The van der Waals surface area contributed by atoms with E-state index in [1.807, 2.05) is 60.7 Å². The Morgan fingerprint density at radius 1 is 0.481 bits per heavy atom. The van der Waals surface area contributed by atoms with Gasteiger partial charge < -0.3 is 14.9 Å². The SMILES string of the molecule is CC1(C)c2ccccc2N(c2cccc(C(=O)c3ccccc3C(O)c3cccc(N4c5ccccc5C(C)(C)c5ccccc54)c3)c2)c2ccccc21. The lowest BCUT2D eigenvalue weighted by Crippen LogP contribution is -2.30. The Bertz CT molecular complexity index is 2480. The van der Waals surface area contributed by atoms with Crippen molar-refractivity contribution in [3.63, 3.8) is 0 Å². The maximum atomic E-state index is 14.5. The maximum absolute atomic E-state index is 14.5. The first-order valence-corrected chi connectivity index (χ1v) is 18.7. The summed E-state index contributed by atoms with van der Waals surface area (Å²) in [5, 5.41) is 12.1. The highest BCUT2D eigenvalue weighted by molar-refractivity contribution is 6.10. The largest absolute Gasteiger partial charge is 0.384 e. The average molecular weight is 703 g/mol. The Morgan fingerprint density at radius 2 is 0.889 bits per heavy atom. The third-order valence-electron chi connectivity index (χ3n) is 11.6. The average Bonchev–Trinajstić information content (AvgIpc) is 3.21. The van der Waals surface area contributed by atoms with Crippen LogP contribution in [0.3, 0.4) is 0 Å². The topological polar surface area (TPSA) is 43.8 Å². The second kappa shape index (κ2) is 12.7. The van der Waals surface area contributed by atoms with E-state index in [1.165, 1.54) is 22.3 Å². The Balaban J connectivity index is 1.09. The molecule has 54 heavy (non-hydrogen) atoms. The number of fused-ring (bicyclic) bond motifs is 4. The summed E-state index contributed by atoms with van der Waals surface area (Å²) in [6.45, 7) is 9.09. The lowest BCUT2D eigenvalue weighted by atomic mass is 9.73. The molecule has 4 nitrogen and oxygen atoms in total. The summed E-state index contributed by atoms with van der Waals surface area (Å²) in [7, 11) is 0. The number of aliphatic hydroxyl groups is 1. The summed E-state index contributed by atoms with van der Waals surface area (Å²) in [5.41, 5.74) is 13.2. The molecule has 0 spiro atoms. The molecule has 2 aliphatic rings. The van der Waals surface area contributed by atoms with Crippen LogP contribution in [0.4, 0.5) is 34.1 Å². The molecule has 0 aromatic heterocycles. The molecule has 1 unspecified atom stereocenters. The molecule has 4 heteroatoms. The highest BCUT2D eigenvalue weighted by atomic mass is 16.3. The minimum absolute atomic E-state index is 0.136. The monoisotopic (exact) mass is 702 g/mol. The molecule has 0 radical (unpaired) electrons. The minimum atomic E-state index is -1.02. The molecule has 2 heterocycles. The van der Waals surface area contributed by atoms with Gasteiger partial charge in [-0.15, -0.1) is 0 Å². The van der Waals surface area contributed by atoms with Gasteiger partial charge in [-0.3, -0.25) is 4.79 Å². The van der Waals surface area contributed by atoms with Crippen molar-refractivity contribution in [3.05, 3.63) is 214 Å². The predicted molar refractivity (Wildman–Crippen MR) is 220 cm³/mol. The Labute approximate surface area is 317 Å². The van der Waals surface area contributed by atoms with Gasteiger partial charge in [-0.25, -0.2) is 0 Å². The molecule has 9 rings (SSSR count). The highest BCUT2D eigenvalue weighted by Crippen LogP contribution is 2.53. The van der Waals surface area contributed by atoms with Crippen LogP contribution in [0.25, 0.3) is 0 Å². The third-order valence-corrected chi connectivity index (χ3v) is 11.6. The number of aliphatic hydroxyl groups excluding tert-OH is 1. The molecule has 0 aliphatic carbocycles. The summed E-state index contributed by atoms with van der Waals surface area (Å²) in [5.74, 6) is -0.136. The zero-order valence-electron chi connectivity index (χ0n) is 31.0. The standard InChI is InChI=1S/C50H42N2O2/c1-49(2)39-23-7-11-27-43(39)51(44-28-12-8-24-40(44)49)35-19-15-17-33(31-35)47(53)37-21-5-6-22-38(37)48(54)34-18-16-20-36(32-34)52-45-29-13-9-25-41(45)50(3,4)42-26-10-14-30-46(42)52/h5-32,47,53H,1-4H3. The van der Waals surface area contributed by atoms with Gasteiger partial charge in [0.1, 0.15) is 6.10 Å². The summed E-state index contributed by atoms with van der Waals surface area (Å²) in [6, 6.07) is 57.5. The minimum Gasteiger partial charge on any atom is -0.384 e. The first-order valence-electron chi connectivity index (χ1n) is 18.7. The van der Waals surface area contributed by atoms with Crippen LogP contribution in [0.2, 0.25) is 0 Å². The molecule has 0 fully saturated rings. The number of carbonyl (C=O) groups is 1. The van der Waals surface area contributed by atoms with Gasteiger partial charge in [-0.2, -0.15) is 0 Å². The first kappa shape index (κ1) is 33.6. The van der Waals surface area contributed by atoms with Crippen LogP contribution in [0.15, 0.2) is 170 Å². The highest BCUT2D eigenvalue weighted by Gasteiger charge is 2.38. The number of hydrogen-bond acceptors (Lipinski definition) is 4. The van der Waals surface area contributed by atoms with Crippen LogP contribution in [0.1, 0.15) is 83.1 Å². The van der Waals surface area contributed by atoms with Gasteiger partial charge in [0.15, 0.2) is 5.78 Å². The molecule has 7 aromatic rings. The molecule has 0 amide bonds. The van der Waals surface area contributed by atoms with Gasteiger partial charge in [0, 0.05) is 33.3 Å². The van der Waals surface area contributed by atoms with Gasteiger partial charge in [-0.05, 0) is 81.9 Å². The van der Waals surface area contributed by atoms with Crippen molar-refractivity contribution < 1.29 is 9.90 Å². The molecule has 264 valence electrons. The van der Waals surface area contributed by atoms with E-state index in [-0.39, 0.29) is 16.6 Å². The third kappa shape index (κ3) is 5.20. The summed E-state index contributed by atoms with van der Waals surface area (Å²) >= 11 is 0. The molecule has 1 atom stereocenters. The van der Waals surface area contributed by atoms with Crippen LogP contribution in [-0.4, -0.2) is 10.9 Å². The van der Waals surface area contributed by atoms with Gasteiger partial charge >= 0.3 is 0 Å². The zero-order valence-corrected chi connectivity index (χ0v) is 31.0. The van der Waals surface area contributed by atoms with Crippen LogP contribution in [0.5, 0.6) is 0 Å². The van der Waals surface area contributed by atoms with Crippen molar-refractivity contribution in [1.82, 2.24) is 0 Å². The van der Waals surface area contributed by atoms with Gasteiger partial charge in [0.05, 0.1) is 22.7 Å². The van der Waals surface area contributed by atoms with Crippen molar-refractivity contribution in [2.45, 2.75) is 44.6 Å². The Hall–Kier alpha value is -6.23. The van der Waals surface area contributed by atoms with E-state index in [9.17, 15) is 9.90 Å². The number of benzene rings is 7. The van der Waals surface area contributed by atoms with Gasteiger partial charge in [0.25, 0.3) is 0 Å². The Morgan fingerprint density at radius 3 is 1.39 bits per heavy atom. The van der Waals surface area contributed by atoms with Crippen molar-refractivity contribution in [2.75, 3.05) is 9.80 Å². The van der Waals surface area contributed by atoms with Crippen LogP contribution in [-0.2, 0) is 10.8 Å². The quantitative estimate of drug-likeness (QED) is 0.175. The van der Waals surface area contributed by atoms with E-state index in [1.54, 1.807) is 0 Å². The van der Waals surface area contributed by atoms with E-state index in [0.717, 1.165) is 34.1 Å². The number of para-hydroxylation sites is 4. The second-order valence-electron chi connectivity index (χ2n) is 15.5. The van der Waals surface area contributed by atoms with Crippen molar-refractivity contribution in [3.8, 4) is 0 Å². The number of carbonyl (C=O) groups excluding carboxylic acids is 1. The molecule has 7 aromatic carbocycles. The molecular weight excluding hydrogens is 661 g/mol. The lowest BCUT2D eigenvalue weighted by Gasteiger charge is -2.42. The van der Waals surface area contributed by atoms with E-state index in [0.29, 0.717) is 22.3 Å². The lowest BCUT2D eigenvalue weighted by molar-refractivity contribution is 0.103. The number of nitrogens with zero attached hydrogens (tertiary/aromatic N) is 2. The zero-order chi connectivity index (χ0) is 37.2. The van der Waals surface area contributed by atoms with Gasteiger partial charge in [-0.1, -0.05) is 149 Å². The van der Waals surface area contributed by atoms with E-state index in [2.05, 4.69) is 147 Å². The number of ketones is 1. The summed E-state index contributed by atoms with van der Waals surface area (Å²) < 4.78 is 0. The van der Waals surface area contributed by atoms with Crippen molar-refractivity contribution in [2.24, 2.45) is 0 Å². The smallest absolute Gasteiger partial charge is 0.193 e. The number of rotatable bonds is 6. The van der Waals surface area contributed by atoms with Crippen molar-refractivity contribution in [1.29, 1.82) is 0 Å². The summed E-state index contributed by atoms with van der Waals surface area (Å²) in [6.07, 6.45) is -1.02. The first-order chi connectivity index (χ1) is 26.2. The second-order valence-corrected chi connectivity index (χ2v) is 15.5. The molecule has 1 N–H and O–H groups in total. The molecular formula is C50H42N2O2. The molecule has 0 saturated heterocycles.